The first kappa shape index (κ1) is 16.0. The van der Waals surface area contributed by atoms with Crippen molar-refractivity contribution in [1.29, 1.82) is 0 Å². The molecule has 21 heavy (non-hydrogen) atoms. The highest BCUT2D eigenvalue weighted by atomic mass is 79.9. The lowest BCUT2D eigenvalue weighted by molar-refractivity contribution is 0.155. The third-order valence-corrected chi connectivity index (χ3v) is 3.33. The Hall–Kier alpha value is -1.37. The van der Waals surface area contributed by atoms with Crippen LogP contribution in [-0.2, 0) is 24.4 Å². The van der Waals surface area contributed by atoms with Gasteiger partial charge in [-0.2, -0.15) is 0 Å². The summed E-state index contributed by atoms with van der Waals surface area (Å²) in [6, 6.07) is 7.80. The van der Waals surface area contributed by atoms with Gasteiger partial charge in [-0.3, -0.25) is 0 Å². The van der Waals surface area contributed by atoms with Gasteiger partial charge in [-0.15, -0.1) is 0 Å². The van der Waals surface area contributed by atoms with Crippen LogP contribution in [-0.4, -0.2) is 18.3 Å². The normalized spacial score (nSPS) is 12.4. The molecule has 0 bridgehead atoms. The maximum atomic E-state index is 5.88. The van der Waals surface area contributed by atoms with Crippen LogP contribution in [0, 0.1) is 0 Å². The van der Waals surface area contributed by atoms with Crippen LogP contribution in [0.2, 0.25) is 0 Å². The fourth-order valence-electron chi connectivity index (χ4n) is 1.98. The van der Waals surface area contributed by atoms with Gasteiger partial charge in [0.1, 0.15) is 24.7 Å². The van der Waals surface area contributed by atoms with Crippen molar-refractivity contribution in [2.45, 2.75) is 32.6 Å². The van der Waals surface area contributed by atoms with Gasteiger partial charge in [0.15, 0.2) is 5.76 Å². The van der Waals surface area contributed by atoms with E-state index in [1.807, 2.05) is 31.2 Å². The lowest BCUT2D eigenvalue weighted by Gasteiger charge is -2.12. The van der Waals surface area contributed by atoms with Crippen LogP contribution < -0.4 is 10.5 Å². The van der Waals surface area contributed by atoms with Gasteiger partial charge in [-0.25, -0.2) is 0 Å². The molecule has 5 nitrogen and oxygen atoms in total. The topological polar surface area (TPSA) is 70.5 Å². The number of aromatic nitrogens is 1. The number of nitrogens with two attached hydrogens (primary N) is 1. The summed E-state index contributed by atoms with van der Waals surface area (Å²) in [4.78, 5) is 0. The Kier molecular flexibility index (Phi) is 5.78. The number of halogens is 1. The molecule has 0 fully saturated rings. The van der Waals surface area contributed by atoms with Gasteiger partial charge in [0.05, 0.1) is 0 Å². The fourth-order valence-corrected chi connectivity index (χ4v) is 2.39. The first-order valence-corrected chi connectivity index (χ1v) is 7.48. The van der Waals surface area contributed by atoms with Crippen molar-refractivity contribution in [2.24, 2.45) is 5.73 Å². The Balaban J connectivity index is 2.04. The summed E-state index contributed by atoms with van der Waals surface area (Å²) in [5, 5.41) is 3.94. The Morgan fingerprint density at radius 1 is 1.33 bits per heavy atom. The number of hydrogen-bond donors (Lipinski definition) is 1. The van der Waals surface area contributed by atoms with Crippen molar-refractivity contribution in [3.8, 4) is 5.75 Å². The van der Waals surface area contributed by atoms with E-state index in [-0.39, 0.29) is 6.04 Å². The van der Waals surface area contributed by atoms with Crippen molar-refractivity contribution < 1.29 is 14.0 Å². The monoisotopic (exact) mass is 354 g/mol. The van der Waals surface area contributed by atoms with Crippen molar-refractivity contribution in [3.05, 3.63) is 45.8 Å². The molecule has 0 aliphatic carbocycles. The van der Waals surface area contributed by atoms with Gasteiger partial charge in [0, 0.05) is 23.7 Å². The average Bonchev–Trinajstić information content (AvgIpc) is 2.85. The zero-order valence-corrected chi connectivity index (χ0v) is 13.7. The molecule has 1 aromatic carbocycles. The van der Waals surface area contributed by atoms with Crippen molar-refractivity contribution in [2.75, 3.05) is 7.11 Å². The highest BCUT2D eigenvalue weighted by Gasteiger charge is 2.09. The smallest absolute Gasteiger partial charge is 0.162 e. The molecule has 0 aliphatic rings. The molecule has 0 saturated carbocycles. The second kappa shape index (κ2) is 7.59. The minimum absolute atomic E-state index is 0.0713. The molecule has 0 saturated heterocycles. The van der Waals surface area contributed by atoms with E-state index in [4.69, 9.17) is 19.7 Å². The molecular formula is C15H19BrN2O3. The number of benzene rings is 1. The summed E-state index contributed by atoms with van der Waals surface area (Å²) in [5.74, 6) is 1.49. The Bertz CT molecular complexity index is 584. The van der Waals surface area contributed by atoms with Gasteiger partial charge in [0.2, 0.25) is 0 Å². The van der Waals surface area contributed by atoms with Crippen LogP contribution in [0.5, 0.6) is 5.75 Å². The molecule has 1 unspecified atom stereocenters. The average molecular weight is 355 g/mol. The SMILES string of the molecule is COCc1cc(COc2ccc(Br)cc2CC(C)N)no1. The van der Waals surface area contributed by atoms with Crippen LogP contribution in [0.15, 0.2) is 33.3 Å². The van der Waals surface area contributed by atoms with Crippen molar-refractivity contribution in [3.63, 3.8) is 0 Å². The summed E-state index contributed by atoms with van der Waals surface area (Å²) in [6.45, 7) is 2.72. The molecule has 0 amide bonds. The molecule has 114 valence electrons. The zero-order valence-electron chi connectivity index (χ0n) is 12.1. The van der Waals surface area contributed by atoms with E-state index >= 15 is 0 Å². The van der Waals surface area contributed by atoms with Gasteiger partial charge in [-0.1, -0.05) is 21.1 Å². The van der Waals surface area contributed by atoms with Crippen LogP contribution in [0.4, 0.5) is 0 Å². The van der Waals surface area contributed by atoms with E-state index in [0.717, 1.165) is 27.9 Å². The fraction of sp³-hybridized carbons (Fsp3) is 0.400. The van der Waals surface area contributed by atoms with Crippen LogP contribution in [0.1, 0.15) is 23.9 Å². The highest BCUT2D eigenvalue weighted by molar-refractivity contribution is 9.10. The Morgan fingerprint density at radius 3 is 2.86 bits per heavy atom. The largest absolute Gasteiger partial charge is 0.487 e. The second-order valence-corrected chi connectivity index (χ2v) is 5.86. The van der Waals surface area contributed by atoms with Crippen LogP contribution in [0.3, 0.4) is 0 Å². The summed E-state index contributed by atoms with van der Waals surface area (Å²) in [7, 11) is 1.61. The first-order chi connectivity index (χ1) is 10.1. The van der Waals surface area contributed by atoms with Crippen LogP contribution in [0.25, 0.3) is 0 Å². The number of ether oxygens (including phenoxy) is 2. The van der Waals surface area contributed by atoms with Gasteiger partial charge >= 0.3 is 0 Å². The number of methoxy groups -OCH3 is 1. The third kappa shape index (κ3) is 4.84. The zero-order chi connectivity index (χ0) is 15.2. The van der Waals surface area contributed by atoms with E-state index < -0.39 is 0 Å². The van der Waals surface area contributed by atoms with E-state index in [2.05, 4.69) is 21.1 Å². The van der Waals surface area contributed by atoms with E-state index in [0.29, 0.717) is 19.0 Å². The molecule has 1 aromatic heterocycles. The van der Waals surface area contributed by atoms with Gasteiger partial charge in [0.25, 0.3) is 0 Å². The maximum Gasteiger partial charge on any atom is 0.162 e. The first-order valence-electron chi connectivity index (χ1n) is 6.68. The number of hydrogen-bond acceptors (Lipinski definition) is 5. The molecule has 0 radical (unpaired) electrons. The summed E-state index contributed by atoms with van der Waals surface area (Å²) in [6.07, 6.45) is 0.752. The minimum atomic E-state index is 0.0713. The number of rotatable bonds is 7. The Morgan fingerprint density at radius 2 is 2.14 bits per heavy atom. The predicted molar refractivity (Wildman–Crippen MR) is 83.0 cm³/mol. The molecule has 0 aliphatic heterocycles. The molecule has 2 N–H and O–H groups in total. The second-order valence-electron chi connectivity index (χ2n) is 4.94. The predicted octanol–water partition coefficient (Wildman–Crippen LogP) is 3.05. The molecule has 1 atom stereocenters. The van der Waals surface area contributed by atoms with E-state index in [1.165, 1.54) is 0 Å². The molecule has 2 rings (SSSR count). The standard InChI is InChI=1S/C15H19BrN2O3/c1-10(17)5-11-6-12(16)3-4-15(11)20-8-13-7-14(9-19-2)21-18-13/h3-4,6-7,10H,5,8-9,17H2,1-2H3. The lowest BCUT2D eigenvalue weighted by Crippen LogP contribution is -2.18. The molecule has 1 heterocycles. The number of nitrogens with zero attached hydrogens (tertiary/aromatic N) is 1. The Labute approximate surface area is 132 Å². The quantitative estimate of drug-likeness (QED) is 0.827. The minimum Gasteiger partial charge on any atom is -0.487 e. The lowest BCUT2D eigenvalue weighted by atomic mass is 10.1. The van der Waals surface area contributed by atoms with Gasteiger partial charge in [-0.05, 0) is 37.1 Å². The summed E-state index contributed by atoms with van der Waals surface area (Å²) < 4.78 is 17.0. The van der Waals surface area contributed by atoms with Crippen LogP contribution >= 0.6 is 15.9 Å². The van der Waals surface area contributed by atoms with E-state index in [9.17, 15) is 0 Å². The van der Waals surface area contributed by atoms with E-state index in [1.54, 1.807) is 7.11 Å². The highest BCUT2D eigenvalue weighted by Crippen LogP contribution is 2.25. The van der Waals surface area contributed by atoms with Crippen molar-refractivity contribution >= 4 is 15.9 Å². The summed E-state index contributed by atoms with van der Waals surface area (Å²) >= 11 is 3.47. The van der Waals surface area contributed by atoms with Crippen molar-refractivity contribution in [1.82, 2.24) is 5.16 Å². The molecule has 0 spiro atoms. The molecular weight excluding hydrogens is 336 g/mol. The maximum absolute atomic E-state index is 5.88. The van der Waals surface area contributed by atoms with Gasteiger partial charge < -0.3 is 19.7 Å². The molecule has 2 aromatic rings. The summed E-state index contributed by atoms with van der Waals surface area (Å²) in [5.41, 5.74) is 7.68. The third-order valence-electron chi connectivity index (χ3n) is 2.83. The molecule has 6 heteroatoms.